The molecular formula is C21H17Cl3N2O4S. The summed E-state index contributed by atoms with van der Waals surface area (Å²) < 4.78 is 33.2. The quantitative estimate of drug-likeness (QED) is 0.427. The fourth-order valence-corrected chi connectivity index (χ4v) is 4.20. The highest BCUT2D eigenvalue weighted by Gasteiger charge is 2.18. The number of carbonyl (C=O) groups excluding carboxylic acids is 1. The molecule has 0 aliphatic rings. The Kier molecular flexibility index (Phi) is 7.33. The lowest BCUT2D eigenvalue weighted by Gasteiger charge is -2.15. The van der Waals surface area contributed by atoms with Crippen LogP contribution in [-0.4, -0.2) is 20.4 Å². The first-order valence-corrected chi connectivity index (χ1v) is 11.6. The number of benzene rings is 3. The molecule has 0 aliphatic heterocycles. The van der Waals surface area contributed by atoms with Gasteiger partial charge < -0.3 is 10.1 Å². The first kappa shape index (κ1) is 23.2. The van der Waals surface area contributed by atoms with E-state index in [1.54, 1.807) is 43.3 Å². The maximum absolute atomic E-state index is 12.6. The summed E-state index contributed by atoms with van der Waals surface area (Å²) in [5.74, 6) is 0.0572. The van der Waals surface area contributed by atoms with E-state index in [2.05, 4.69) is 10.0 Å². The van der Waals surface area contributed by atoms with Gasteiger partial charge in [0.1, 0.15) is 5.75 Å². The van der Waals surface area contributed by atoms with Gasteiger partial charge in [0, 0.05) is 10.7 Å². The first-order valence-electron chi connectivity index (χ1n) is 8.96. The number of anilines is 2. The van der Waals surface area contributed by atoms with Crippen LogP contribution in [0, 0.1) is 0 Å². The van der Waals surface area contributed by atoms with Gasteiger partial charge >= 0.3 is 0 Å². The Balaban J connectivity index is 1.66. The van der Waals surface area contributed by atoms with E-state index in [0.29, 0.717) is 16.5 Å². The lowest BCUT2D eigenvalue weighted by molar-refractivity contribution is -0.122. The summed E-state index contributed by atoms with van der Waals surface area (Å²) in [6.45, 7) is 1.59. The average molecular weight is 500 g/mol. The molecule has 10 heteroatoms. The van der Waals surface area contributed by atoms with E-state index in [-0.39, 0.29) is 20.6 Å². The molecule has 6 nitrogen and oxygen atoms in total. The van der Waals surface area contributed by atoms with Crippen molar-refractivity contribution in [3.8, 4) is 5.75 Å². The van der Waals surface area contributed by atoms with Crippen molar-refractivity contribution < 1.29 is 17.9 Å². The lowest BCUT2D eigenvalue weighted by Crippen LogP contribution is -2.30. The maximum atomic E-state index is 12.6. The third-order valence-electron chi connectivity index (χ3n) is 4.11. The van der Waals surface area contributed by atoms with Crippen LogP contribution >= 0.6 is 34.8 Å². The topological polar surface area (TPSA) is 84.5 Å². The largest absolute Gasteiger partial charge is 0.481 e. The number of hydrogen-bond donors (Lipinski definition) is 2. The molecule has 1 atom stereocenters. The van der Waals surface area contributed by atoms with E-state index in [1.165, 1.54) is 30.3 Å². The molecule has 0 aromatic heterocycles. The van der Waals surface area contributed by atoms with E-state index in [4.69, 9.17) is 39.5 Å². The van der Waals surface area contributed by atoms with E-state index in [9.17, 15) is 13.2 Å². The summed E-state index contributed by atoms with van der Waals surface area (Å²) in [5, 5.41) is 3.50. The van der Waals surface area contributed by atoms with Crippen molar-refractivity contribution in [1.29, 1.82) is 0 Å². The van der Waals surface area contributed by atoms with E-state index in [0.717, 1.165) is 0 Å². The van der Waals surface area contributed by atoms with Crippen LogP contribution in [0.5, 0.6) is 5.75 Å². The molecule has 0 heterocycles. The highest BCUT2D eigenvalue weighted by Crippen LogP contribution is 2.31. The fourth-order valence-electron chi connectivity index (χ4n) is 2.55. The summed E-state index contributed by atoms with van der Waals surface area (Å²) in [7, 11) is -3.90. The monoisotopic (exact) mass is 498 g/mol. The van der Waals surface area contributed by atoms with Crippen molar-refractivity contribution in [3.05, 3.63) is 81.8 Å². The van der Waals surface area contributed by atoms with Gasteiger partial charge in [-0.2, -0.15) is 0 Å². The predicted molar refractivity (Wildman–Crippen MR) is 124 cm³/mol. The molecule has 162 valence electrons. The Hall–Kier alpha value is -2.45. The SMILES string of the molecule is CC(Oc1cccc(Cl)c1)C(=O)Nc1ccc(S(=O)(=O)Nc2cccc(Cl)c2Cl)cc1. The van der Waals surface area contributed by atoms with Crippen LogP contribution in [0.3, 0.4) is 0 Å². The smallest absolute Gasteiger partial charge is 0.265 e. The summed E-state index contributed by atoms with van der Waals surface area (Å²) >= 11 is 17.9. The highest BCUT2D eigenvalue weighted by molar-refractivity contribution is 7.92. The number of halogens is 3. The second kappa shape index (κ2) is 9.78. The lowest BCUT2D eigenvalue weighted by atomic mass is 10.3. The Morgan fingerprint density at radius 3 is 2.32 bits per heavy atom. The van der Waals surface area contributed by atoms with Crippen molar-refractivity contribution in [1.82, 2.24) is 0 Å². The van der Waals surface area contributed by atoms with Crippen molar-refractivity contribution in [2.75, 3.05) is 10.0 Å². The number of ether oxygens (including phenoxy) is 1. The molecule has 2 N–H and O–H groups in total. The predicted octanol–water partition coefficient (Wildman–Crippen LogP) is 5.85. The summed E-state index contributed by atoms with van der Waals surface area (Å²) in [5.41, 5.74) is 0.574. The molecule has 0 saturated carbocycles. The van der Waals surface area contributed by atoms with Gasteiger partial charge in [0.25, 0.3) is 15.9 Å². The number of hydrogen-bond acceptors (Lipinski definition) is 4. The zero-order valence-corrected chi connectivity index (χ0v) is 19.2. The van der Waals surface area contributed by atoms with Gasteiger partial charge in [0.05, 0.1) is 20.6 Å². The molecule has 0 spiro atoms. The third kappa shape index (κ3) is 6.04. The minimum Gasteiger partial charge on any atom is -0.481 e. The zero-order valence-electron chi connectivity index (χ0n) is 16.1. The number of carbonyl (C=O) groups is 1. The van der Waals surface area contributed by atoms with Gasteiger partial charge in [-0.15, -0.1) is 0 Å². The maximum Gasteiger partial charge on any atom is 0.265 e. The van der Waals surface area contributed by atoms with Crippen molar-refractivity contribution in [2.24, 2.45) is 0 Å². The van der Waals surface area contributed by atoms with E-state index in [1.807, 2.05) is 0 Å². The van der Waals surface area contributed by atoms with E-state index >= 15 is 0 Å². The first-order chi connectivity index (χ1) is 14.7. The Labute approximate surface area is 195 Å². The van der Waals surface area contributed by atoms with Crippen LogP contribution in [0.2, 0.25) is 15.1 Å². The normalized spacial score (nSPS) is 12.1. The van der Waals surface area contributed by atoms with Gasteiger partial charge in [-0.05, 0) is 61.5 Å². The van der Waals surface area contributed by atoms with Gasteiger partial charge in [0.15, 0.2) is 6.10 Å². The zero-order chi connectivity index (χ0) is 22.6. The molecule has 3 aromatic carbocycles. The van der Waals surface area contributed by atoms with Gasteiger partial charge in [0.2, 0.25) is 0 Å². The molecule has 1 unspecified atom stereocenters. The summed E-state index contributed by atoms with van der Waals surface area (Å²) in [4.78, 5) is 12.4. The Morgan fingerprint density at radius 1 is 0.968 bits per heavy atom. The standard InChI is InChI=1S/C21H17Cl3N2O4S/c1-13(30-16-5-2-4-14(22)12-16)21(27)25-15-8-10-17(11-9-15)31(28,29)26-19-7-3-6-18(23)20(19)24/h2-13,26H,1H3,(H,25,27). The van der Waals surface area contributed by atoms with Crippen LogP contribution in [0.25, 0.3) is 0 Å². The van der Waals surface area contributed by atoms with Crippen molar-refractivity contribution >= 4 is 62.1 Å². The molecule has 0 bridgehead atoms. The van der Waals surface area contributed by atoms with Crippen LogP contribution in [0.4, 0.5) is 11.4 Å². The molecule has 3 aromatic rings. The second-order valence-corrected chi connectivity index (χ2v) is 9.34. The summed E-state index contributed by atoms with van der Waals surface area (Å²) in [6, 6.07) is 17.0. The molecular weight excluding hydrogens is 483 g/mol. The van der Waals surface area contributed by atoms with Crippen molar-refractivity contribution in [3.63, 3.8) is 0 Å². The number of sulfonamides is 1. The molecule has 1 amide bonds. The molecule has 0 fully saturated rings. The van der Waals surface area contributed by atoms with Crippen LogP contribution in [0.1, 0.15) is 6.92 Å². The average Bonchev–Trinajstić information content (AvgIpc) is 2.71. The van der Waals surface area contributed by atoms with Crippen LogP contribution in [-0.2, 0) is 14.8 Å². The Morgan fingerprint density at radius 2 is 1.65 bits per heavy atom. The van der Waals surface area contributed by atoms with Gasteiger partial charge in [-0.25, -0.2) is 8.42 Å². The fraction of sp³-hybridized carbons (Fsp3) is 0.0952. The van der Waals surface area contributed by atoms with Crippen molar-refractivity contribution in [2.45, 2.75) is 17.9 Å². The molecule has 31 heavy (non-hydrogen) atoms. The molecule has 0 aliphatic carbocycles. The molecule has 0 saturated heterocycles. The third-order valence-corrected chi connectivity index (χ3v) is 6.54. The Bertz CT molecular complexity index is 1200. The number of amides is 1. The number of nitrogens with one attached hydrogen (secondary N) is 2. The van der Waals surface area contributed by atoms with Crippen LogP contribution in [0.15, 0.2) is 71.6 Å². The minimum atomic E-state index is -3.90. The van der Waals surface area contributed by atoms with Gasteiger partial charge in [-0.3, -0.25) is 9.52 Å². The summed E-state index contributed by atoms with van der Waals surface area (Å²) in [6.07, 6.45) is -0.798. The molecule has 3 rings (SSSR count). The van der Waals surface area contributed by atoms with E-state index < -0.39 is 22.0 Å². The number of rotatable bonds is 7. The minimum absolute atomic E-state index is 0.00947. The van der Waals surface area contributed by atoms with Crippen LogP contribution < -0.4 is 14.8 Å². The second-order valence-electron chi connectivity index (χ2n) is 6.44. The molecule has 0 radical (unpaired) electrons. The highest BCUT2D eigenvalue weighted by atomic mass is 35.5. The van der Waals surface area contributed by atoms with Gasteiger partial charge in [-0.1, -0.05) is 46.9 Å².